The lowest BCUT2D eigenvalue weighted by Gasteiger charge is -2.39. The molecule has 7 nitrogen and oxygen atoms in total. The third-order valence-electron chi connectivity index (χ3n) is 4.31. The number of nitrogens with zero attached hydrogens (tertiary/aromatic N) is 4. The quantitative estimate of drug-likeness (QED) is 0.873. The van der Waals surface area contributed by atoms with E-state index in [-0.39, 0.29) is 18.5 Å². The van der Waals surface area contributed by atoms with Crippen LogP contribution in [-0.2, 0) is 11.8 Å². The first kappa shape index (κ1) is 16.0. The molecule has 2 aromatic rings. The van der Waals surface area contributed by atoms with Gasteiger partial charge in [-0.05, 0) is 31.5 Å². The third kappa shape index (κ3) is 2.51. The van der Waals surface area contributed by atoms with Gasteiger partial charge in [-0.1, -0.05) is 6.07 Å². The number of aryl methyl sites for hydroxylation is 2. The molecule has 3 rings (SSSR count). The second-order valence-corrected chi connectivity index (χ2v) is 6.14. The molecule has 0 fully saturated rings. The number of benzene rings is 1. The molecule has 0 radical (unpaired) electrons. The zero-order valence-electron chi connectivity index (χ0n) is 14.1. The number of carboxylic acid groups (broad SMARTS) is 1. The first-order chi connectivity index (χ1) is 11.3. The fraction of sp³-hybridized carbons (Fsp3) is 0.353. The van der Waals surface area contributed by atoms with Gasteiger partial charge in [0.25, 0.3) is 0 Å². The maximum absolute atomic E-state index is 12.0. The van der Waals surface area contributed by atoms with Gasteiger partial charge in [-0.3, -0.25) is 14.4 Å². The van der Waals surface area contributed by atoms with E-state index in [0.29, 0.717) is 11.4 Å². The number of fused-ring (bicyclic) bond motifs is 1. The molecular formula is C17H20N4O3. The Morgan fingerprint density at radius 3 is 2.54 bits per heavy atom. The molecule has 0 aliphatic carbocycles. The van der Waals surface area contributed by atoms with E-state index in [0.717, 1.165) is 16.8 Å². The maximum Gasteiger partial charge on any atom is 0.411 e. The van der Waals surface area contributed by atoms with Crippen molar-refractivity contribution in [3.63, 3.8) is 0 Å². The molecule has 2 heterocycles. The summed E-state index contributed by atoms with van der Waals surface area (Å²) in [6.07, 6.45) is 0.877. The van der Waals surface area contributed by atoms with Gasteiger partial charge in [0.05, 0.1) is 23.1 Å². The van der Waals surface area contributed by atoms with Gasteiger partial charge in [0, 0.05) is 32.3 Å². The van der Waals surface area contributed by atoms with E-state index in [9.17, 15) is 14.7 Å². The summed E-state index contributed by atoms with van der Waals surface area (Å²) >= 11 is 0. The van der Waals surface area contributed by atoms with Gasteiger partial charge >= 0.3 is 6.09 Å². The summed E-state index contributed by atoms with van der Waals surface area (Å²) in [5, 5.41) is 13.9. The minimum Gasteiger partial charge on any atom is -0.465 e. The Balaban J connectivity index is 2.17. The standard InChI is InChI=1S/C17H20N4O3/c1-10-8-20(17(23)24)16-7-13(14-9-19(4)18-11(14)2)5-6-15(16)21(10)12(3)22/h5-7,9-10H,8H2,1-4H3,(H,23,24)/t10-/m0/s1. The predicted molar refractivity (Wildman–Crippen MR) is 91.4 cm³/mol. The minimum absolute atomic E-state index is 0.0981. The number of carbonyl (C=O) groups excluding carboxylic acids is 1. The maximum atomic E-state index is 12.0. The summed E-state index contributed by atoms with van der Waals surface area (Å²) < 4.78 is 1.73. The largest absolute Gasteiger partial charge is 0.465 e. The van der Waals surface area contributed by atoms with Crippen molar-refractivity contribution in [2.75, 3.05) is 16.3 Å². The van der Waals surface area contributed by atoms with Crippen LogP contribution in [0.15, 0.2) is 24.4 Å². The molecule has 1 aromatic carbocycles. The SMILES string of the molecule is CC(=O)N1c2ccc(-c3cn(C)nc3C)cc2N(C(=O)O)C[C@@H]1C. The molecule has 0 bridgehead atoms. The summed E-state index contributed by atoms with van der Waals surface area (Å²) in [5.41, 5.74) is 3.83. The van der Waals surface area contributed by atoms with E-state index < -0.39 is 6.09 Å². The highest BCUT2D eigenvalue weighted by molar-refractivity contribution is 6.02. The Labute approximate surface area is 140 Å². The molecular weight excluding hydrogens is 308 g/mol. The van der Waals surface area contributed by atoms with E-state index in [1.54, 1.807) is 9.58 Å². The van der Waals surface area contributed by atoms with Gasteiger partial charge in [-0.2, -0.15) is 5.10 Å². The van der Waals surface area contributed by atoms with Crippen LogP contribution in [0.5, 0.6) is 0 Å². The molecule has 2 amide bonds. The van der Waals surface area contributed by atoms with Crippen LogP contribution in [0.1, 0.15) is 19.5 Å². The molecule has 1 N–H and O–H groups in total. The highest BCUT2D eigenvalue weighted by Gasteiger charge is 2.33. The molecule has 126 valence electrons. The highest BCUT2D eigenvalue weighted by atomic mass is 16.4. The van der Waals surface area contributed by atoms with Crippen LogP contribution >= 0.6 is 0 Å². The van der Waals surface area contributed by atoms with Gasteiger partial charge < -0.3 is 10.0 Å². The lowest BCUT2D eigenvalue weighted by Crippen LogP contribution is -2.51. The van der Waals surface area contributed by atoms with Crippen LogP contribution in [-0.4, -0.2) is 39.5 Å². The average molecular weight is 328 g/mol. The van der Waals surface area contributed by atoms with Gasteiger partial charge in [0.2, 0.25) is 5.91 Å². The number of amides is 2. The Bertz CT molecular complexity index is 827. The minimum atomic E-state index is -1.02. The zero-order valence-corrected chi connectivity index (χ0v) is 14.1. The Morgan fingerprint density at radius 1 is 1.29 bits per heavy atom. The van der Waals surface area contributed by atoms with Crippen LogP contribution in [0.2, 0.25) is 0 Å². The molecule has 0 saturated heterocycles. The summed E-state index contributed by atoms with van der Waals surface area (Å²) in [6, 6.07) is 5.31. The smallest absolute Gasteiger partial charge is 0.411 e. The number of anilines is 2. The number of hydrogen-bond acceptors (Lipinski definition) is 3. The summed E-state index contributed by atoms with van der Waals surface area (Å²) in [7, 11) is 1.84. The monoisotopic (exact) mass is 328 g/mol. The fourth-order valence-corrected chi connectivity index (χ4v) is 3.34. The number of aromatic nitrogens is 2. The summed E-state index contributed by atoms with van der Waals surface area (Å²) in [6.45, 7) is 5.50. The predicted octanol–water partition coefficient (Wildman–Crippen LogP) is 2.63. The van der Waals surface area contributed by atoms with E-state index in [2.05, 4.69) is 5.10 Å². The third-order valence-corrected chi connectivity index (χ3v) is 4.31. The molecule has 0 spiro atoms. The first-order valence-corrected chi connectivity index (χ1v) is 7.74. The highest BCUT2D eigenvalue weighted by Crippen LogP contribution is 2.39. The second kappa shape index (κ2) is 5.67. The molecule has 0 saturated carbocycles. The summed E-state index contributed by atoms with van der Waals surface area (Å²) in [4.78, 5) is 26.6. The molecule has 1 aliphatic heterocycles. The van der Waals surface area contributed by atoms with Crippen LogP contribution in [0.3, 0.4) is 0 Å². The van der Waals surface area contributed by atoms with Crippen molar-refractivity contribution in [1.82, 2.24) is 9.78 Å². The van der Waals surface area contributed by atoms with Gasteiger partial charge in [0.15, 0.2) is 0 Å². The van der Waals surface area contributed by atoms with E-state index in [1.165, 1.54) is 11.8 Å². The topological polar surface area (TPSA) is 78.7 Å². The van der Waals surface area contributed by atoms with Crippen molar-refractivity contribution < 1.29 is 14.7 Å². The Hall–Kier alpha value is -2.83. The van der Waals surface area contributed by atoms with E-state index >= 15 is 0 Å². The molecule has 1 atom stereocenters. The van der Waals surface area contributed by atoms with Crippen molar-refractivity contribution in [3.05, 3.63) is 30.1 Å². The Kier molecular flexibility index (Phi) is 3.79. The normalized spacial score (nSPS) is 16.9. The molecule has 1 aliphatic rings. The van der Waals surface area contributed by atoms with Crippen molar-refractivity contribution in [3.8, 4) is 11.1 Å². The van der Waals surface area contributed by atoms with E-state index in [4.69, 9.17) is 0 Å². The van der Waals surface area contributed by atoms with Crippen molar-refractivity contribution in [2.24, 2.45) is 7.05 Å². The van der Waals surface area contributed by atoms with Crippen molar-refractivity contribution >= 4 is 23.4 Å². The van der Waals surface area contributed by atoms with Gasteiger partial charge in [-0.15, -0.1) is 0 Å². The first-order valence-electron chi connectivity index (χ1n) is 7.74. The molecule has 0 unspecified atom stereocenters. The summed E-state index contributed by atoms with van der Waals surface area (Å²) in [5.74, 6) is -0.0981. The second-order valence-electron chi connectivity index (χ2n) is 6.14. The average Bonchev–Trinajstić information content (AvgIpc) is 2.84. The number of rotatable bonds is 1. The van der Waals surface area contributed by atoms with Crippen LogP contribution in [0, 0.1) is 6.92 Å². The fourth-order valence-electron chi connectivity index (χ4n) is 3.34. The molecule has 24 heavy (non-hydrogen) atoms. The molecule has 7 heteroatoms. The number of carbonyl (C=O) groups is 2. The molecule has 1 aromatic heterocycles. The van der Waals surface area contributed by atoms with Gasteiger partial charge in [-0.25, -0.2) is 4.79 Å². The van der Waals surface area contributed by atoms with Crippen LogP contribution in [0.4, 0.5) is 16.2 Å². The lowest BCUT2D eigenvalue weighted by atomic mass is 10.0. The van der Waals surface area contributed by atoms with Crippen molar-refractivity contribution in [1.29, 1.82) is 0 Å². The lowest BCUT2D eigenvalue weighted by molar-refractivity contribution is -0.117. The zero-order chi connectivity index (χ0) is 17.6. The van der Waals surface area contributed by atoms with E-state index in [1.807, 2.05) is 45.3 Å². The Morgan fingerprint density at radius 2 is 2.00 bits per heavy atom. The van der Waals surface area contributed by atoms with Crippen molar-refractivity contribution in [2.45, 2.75) is 26.8 Å². The number of hydrogen-bond donors (Lipinski definition) is 1. The van der Waals surface area contributed by atoms with Gasteiger partial charge in [0.1, 0.15) is 0 Å². The van der Waals surface area contributed by atoms with Crippen LogP contribution in [0.25, 0.3) is 11.1 Å². The van der Waals surface area contributed by atoms with Crippen LogP contribution < -0.4 is 9.80 Å².